The van der Waals surface area contributed by atoms with Crippen LogP contribution >= 0.6 is 11.3 Å². The molecule has 3 rings (SSSR count). The summed E-state index contributed by atoms with van der Waals surface area (Å²) in [6.07, 6.45) is 4.18. The fourth-order valence-corrected chi connectivity index (χ4v) is 2.76. The summed E-state index contributed by atoms with van der Waals surface area (Å²) in [7, 11) is 0. The average molecular weight is 319 g/mol. The van der Waals surface area contributed by atoms with Gasteiger partial charge in [-0.25, -0.2) is 4.98 Å². The number of aromatic amines is 1. The first-order valence-electron chi connectivity index (χ1n) is 7.06. The van der Waals surface area contributed by atoms with E-state index in [0.29, 0.717) is 23.1 Å². The molecule has 2 aromatic heterocycles. The number of carbonyl (C=O) groups is 2. The third-order valence-electron chi connectivity index (χ3n) is 3.41. The summed E-state index contributed by atoms with van der Waals surface area (Å²) >= 11 is 1.34. The summed E-state index contributed by atoms with van der Waals surface area (Å²) in [6, 6.07) is 1.64. The zero-order valence-electron chi connectivity index (χ0n) is 11.9. The number of amides is 2. The molecule has 7 nitrogen and oxygen atoms in total. The Labute approximate surface area is 131 Å². The number of hydrogen-bond donors (Lipinski definition) is 4. The van der Waals surface area contributed by atoms with E-state index in [1.807, 2.05) is 5.38 Å². The van der Waals surface area contributed by atoms with E-state index in [1.165, 1.54) is 24.2 Å². The van der Waals surface area contributed by atoms with Crippen molar-refractivity contribution in [1.29, 1.82) is 0 Å². The van der Waals surface area contributed by atoms with Gasteiger partial charge in [0.1, 0.15) is 5.69 Å². The molecule has 0 radical (unpaired) electrons. The minimum Gasteiger partial charge on any atom is -0.364 e. The lowest BCUT2D eigenvalue weighted by Gasteiger charge is -2.03. The lowest BCUT2D eigenvalue weighted by molar-refractivity contribution is -0.115. The largest absolute Gasteiger partial charge is 0.364 e. The lowest BCUT2D eigenvalue weighted by atomic mass is 10.2. The minimum atomic E-state index is -0.517. The van der Waals surface area contributed by atoms with Gasteiger partial charge in [-0.1, -0.05) is 0 Å². The van der Waals surface area contributed by atoms with Gasteiger partial charge in [0, 0.05) is 17.1 Å². The molecule has 1 fully saturated rings. The van der Waals surface area contributed by atoms with E-state index in [2.05, 4.69) is 20.6 Å². The first kappa shape index (κ1) is 14.7. The van der Waals surface area contributed by atoms with Crippen LogP contribution in [-0.2, 0) is 4.79 Å². The van der Waals surface area contributed by atoms with Crippen LogP contribution < -0.4 is 16.4 Å². The predicted molar refractivity (Wildman–Crippen MR) is 84.6 cm³/mol. The van der Waals surface area contributed by atoms with Gasteiger partial charge < -0.3 is 21.4 Å². The highest BCUT2D eigenvalue weighted by molar-refractivity contribution is 7.14. The number of anilines is 1. The number of hydrogen-bond acceptors (Lipinski definition) is 5. The van der Waals surface area contributed by atoms with E-state index in [9.17, 15) is 9.59 Å². The zero-order chi connectivity index (χ0) is 15.5. The Bertz CT molecular complexity index is 689. The molecule has 0 spiro atoms. The van der Waals surface area contributed by atoms with Gasteiger partial charge in [-0.3, -0.25) is 9.59 Å². The highest BCUT2D eigenvalue weighted by atomic mass is 32.1. The number of nitrogens with two attached hydrogens (primary N) is 1. The second-order valence-electron chi connectivity index (χ2n) is 5.33. The number of H-pyrrole nitrogens is 1. The first-order chi connectivity index (χ1) is 10.6. The monoisotopic (exact) mass is 319 g/mol. The van der Waals surface area contributed by atoms with Crippen molar-refractivity contribution in [3.8, 4) is 11.3 Å². The summed E-state index contributed by atoms with van der Waals surface area (Å²) in [4.78, 5) is 30.0. The maximum absolute atomic E-state index is 11.8. The van der Waals surface area contributed by atoms with Crippen LogP contribution in [0.4, 0.5) is 5.13 Å². The van der Waals surface area contributed by atoms with E-state index in [4.69, 9.17) is 5.73 Å². The Morgan fingerprint density at radius 2 is 2.27 bits per heavy atom. The molecule has 0 saturated heterocycles. The molecule has 22 heavy (non-hydrogen) atoms. The van der Waals surface area contributed by atoms with E-state index < -0.39 is 5.91 Å². The van der Waals surface area contributed by atoms with Crippen molar-refractivity contribution in [1.82, 2.24) is 15.3 Å². The quantitative estimate of drug-likeness (QED) is 0.613. The van der Waals surface area contributed by atoms with Crippen molar-refractivity contribution in [3.05, 3.63) is 23.3 Å². The van der Waals surface area contributed by atoms with Gasteiger partial charge in [-0.2, -0.15) is 0 Å². The molecule has 2 amide bonds. The number of nitrogens with zero attached hydrogens (tertiary/aromatic N) is 1. The van der Waals surface area contributed by atoms with Crippen LogP contribution in [0, 0.1) is 5.92 Å². The van der Waals surface area contributed by atoms with E-state index in [0.717, 1.165) is 18.0 Å². The van der Waals surface area contributed by atoms with Gasteiger partial charge in [0.15, 0.2) is 5.13 Å². The van der Waals surface area contributed by atoms with Gasteiger partial charge in [0.25, 0.3) is 5.91 Å². The molecule has 1 aliphatic carbocycles. The normalized spacial score (nSPS) is 14.0. The van der Waals surface area contributed by atoms with E-state index in [-0.39, 0.29) is 5.91 Å². The maximum atomic E-state index is 11.8. The second-order valence-corrected chi connectivity index (χ2v) is 6.18. The van der Waals surface area contributed by atoms with Gasteiger partial charge in [0.05, 0.1) is 12.2 Å². The van der Waals surface area contributed by atoms with Crippen LogP contribution in [-0.4, -0.2) is 34.9 Å². The number of rotatable bonds is 7. The number of thiazole rings is 1. The molecule has 5 N–H and O–H groups in total. The summed E-state index contributed by atoms with van der Waals surface area (Å²) in [5.74, 6) is 0.123. The summed E-state index contributed by atoms with van der Waals surface area (Å²) < 4.78 is 0. The molecule has 0 unspecified atom stereocenters. The van der Waals surface area contributed by atoms with Crippen molar-refractivity contribution in [2.45, 2.75) is 12.8 Å². The van der Waals surface area contributed by atoms with Crippen LogP contribution in [0.2, 0.25) is 0 Å². The molecular weight excluding hydrogens is 302 g/mol. The molecule has 2 aromatic rings. The smallest absolute Gasteiger partial charge is 0.265 e. The summed E-state index contributed by atoms with van der Waals surface area (Å²) in [5.41, 5.74) is 6.98. The third kappa shape index (κ3) is 3.71. The van der Waals surface area contributed by atoms with E-state index >= 15 is 0 Å². The van der Waals surface area contributed by atoms with Gasteiger partial charge in [0.2, 0.25) is 5.91 Å². The number of nitrogens with one attached hydrogen (secondary N) is 3. The molecule has 0 aliphatic heterocycles. The van der Waals surface area contributed by atoms with Crippen molar-refractivity contribution in [2.24, 2.45) is 11.7 Å². The number of aromatic nitrogens is 2. The van der Waals surface area contributed by atoms with Gasteiger partial charge in [-0.05, 0) is 31.4 Å². The molecule has 0 bridgehead atoms. The second kappa shape index (κ2) is 6.29. The van der Waals surface area contributed by atoms with Crippen molar-refractivity contribution in [3.63, 3.8) is 0 Å². The van der Waals surface area contributed by atoms with Gasteiger partial charge in [-0.15, -0.1) is 11.3 Å². The molecule has 116 valence electrons. The molecular formula is C14H17N5O2S. The standard InChI is InChI=1S/C14H17N5O2S/c15-13(21)10-3-9(5-17-10)11-7-22-14(18-11)19-12(20)6-16-4-8-1-2-8/h3,5,7-8,16-17H,1-2,4,6H2,(H2,15,21)(H,18,19,20). The third-order valence-corrected chi connectivity index (χ3v) is 4.17. The zero-order valence-corrected chi connectivity index (χ0v) is 12.7. The van der Waals surface area contributed by atoms with Crippen molar-refractivity contribution < 1.29 is 9.59 Å². The highest BCUT2D eigenvalue weighted by Gasteiger charge is 2.20. The molecule has 1 saturated carbocycles. The minimum absolute atomic E-state index is 0.103. The van der Waals surface area contributed by atoms with Crippen molar-refractivity contribution >= 4 is 28.3 Å². The van der Waals surface area contributed by atoms with Crippen LogP contribution in [0.3, 0.4) is 0 Å². The van der Waals surface area contributed by atoms with Crippen LogP contribution in [0.1, 0.15) is 23.3 Å². The van der Waals surface area contributed by atoms with Crippen LogP contribution in [0.5, 0.6) is 0 Å². The highest BCUT2D eigenvalue weighted by Crippen LogP contribution is 2.27. The average Bonchev–Trinajstić information content (AvgIpc) is 2.99. The lowest BCUT2D eigenvalue weighted by Crippen LogP contribution is -2.29. The first-order valence-corrected chi connectivity index (χ1v) is 7.94. The van der Waals surface area contributed by atoms with Crippen molar-refractivity contribution in [2.75, 3.05) is 18.4 Å². The maximum Gasteiger partial charge on any atom is 0.265 e. The fraction of sp³-hybridized carbons (Fsp3) is 0.357. The Hall–Kier alpha value is -2.19. The summed E-state index contributed by atoms with van der Waals surface area (Å²) in [5, 5.41) is 8.25. The predicted octanol–water partition coefficient (Wildman–Crippen LogP) is 1.18. The Morgan fingerprint density at radius 1 is 1.45 bits per heavy atom. The SMILES string of the molecule is NC(=O)c1cc(-c2csc(NC(=O)CNCC3CC3)n2)c[nH]1. The molecule has 0 atom stereocenters. The molecule has 8 heteroatoms. The number of primary amides is 1. The Balaban J connectivity index is 1.55. The Morgan fingerprint density at radius 3 is 2.95 bits per heavy atom. The number of carbonyl (C=O) groups excluding carboxylic acids is 2. The van der Waals surface area contributed by atoms with E-state index in [1.54, 1.807) is 12.3 Å². The molecule has 1 aliphatic rings. The van der Waals surface area contributed by atoms with Gasteiger partial charge >= 0.3 is 0 Å². The topological polar surface area (TPSA) is 113 Å². The molecule has 0 aromatic carbocycles. The Kier molecular flexibility index (Phi) is 4.21. The summed E-state index contributed by atoms with van der Waals surface area (Å²) in [6.45, 7) is 1.19. The van der Waals surface area contributed by atoms with Crippen LogP contribution in [0.15, 0.2) is 17.6 Å². The molecule has 2 heterocycles. The van der Waals surface area contributed by atoms with Crippen LogP contribution in [0.25, 0.3) is 11.3 Å². The fourth-order valence-electron chi connectivity index (χ4n) is 2.02.